The Hall–Kier alpha value is -6.18. The number of nitrogens with zero attached hydrogens (tertiary/aromatic N) is 4. The summed E-state index contributed by atoms with van der Waals surface area (Å²) >= 11 is 0. The average Bonchev–Trinajstić information content (AvgIpc) is 4.13. The van der Waals surface area contributed by atoms with Crippen LogP contribution in [0.2, 0.25) is 0 Å². The molecule has 4 heterocycles. The van der Waals surface area contributed by atoms with Gasteiger partial charge in [0.2, 0.25) is 11.8 Å². The number of benzene rings is 3. The van der Waals surface area contributed by atoms with Gasteiger partial charge in [-0.15, -0.1) is 0 Å². The van der Waals surface area contributed by atoms with Crippen molar-refractivity contribution >= 4 is 34.8 Å². The first-order chi connectivity index (χ1) is 29.0. The van der Waals surface area contributed by atoms with Crippen LogP contribution in [0.3, 0.4) is 0 Å². The van der Waals surface area contributed by atoms with Crippen LogP contribution in [0.1, 0.15) is 90.0 Å². The van der Waals surface area contributed by atoms with Crippen LogP contribution >= 0.6 is 0 Å². The van der Waals surface area contributed by atoms with Crippen LogP contribution in [0, 0.1) is 11.8 Å². The van der Waals surface area contributed by atoms with Gasteiger partial charge < -0.3 is 39.9 Å². The van der Waals surface area contributed by atoms with Crippen LogP contribution in [0.5, 0.6) is 0 Å². The van der Waals surface area contributed by atoms with Crippen molar-refractivity contribution in [2.75, 3.05) is 27.3 Å². The van der Waals surface area contributed by atoms with E-state index in [1.54, 1.807) is 0 Å². The molecule has 0 bridgehead atoms. The van der Waals surface area contributed by atoms with Crippen molar-refractivity contribution in [2.45, 2.75) is 90.4 Å². The number of aromatic nitrogens is 4. The number of amides is 4. The van der Waals surface area contributed by atoms with Gasteiger partial charge in [0.25, 0.3) is 0 Å². The van der Waals surface area contributed by atoms with E-state index in [9.17, 15) is 19.2 Å². The molecule has 0 spiro atoms. The van der Waals surface area contributed by atoms with E-state index in [1.165, 1.54) is 14.2 Å². The number of fused-ring (bicyclic) bond motifs is 1. The van der Waals surface area contributed by atoms with Gasteiger partial charge in [0.05, 0.1) is 50.1 Å². The Morgan fingerprint density at radius 3 is 1.53 bits per heavy atom. The van der Waals surface area contributed by atoms with E-state index < -0.39 is 24.3 Å². The predicted octanol–water partition coefficient (Wildman–Crippen LogP) is 8.16. The molecule has 3 aromatic carbocycles. The summed E-state index contributed by atoms with van der Waals surface area (Å²) in [7, 11) is 2.61. The van der Waals surface area contributed by atoms with E-state index >= 15 is 0 Å². The molecule has 6 atom stereocenters. The highest BCUT2D eigenvalue weighted by Crippen LogP contribution is 2.36. The number of alkyl carbamates (subject to hydrolysis) is 2. The molecule has 2 aromatic heterocycles. The van der Waals surface area contributed by atoms with E-state index in [0.717, 1.165) is 94.6 Å². The number of H-pyrrole nitrogens is 2. The fourth-order valence-electron chi connectivity index (χ4n) is 8.47. The highest BCUT2D eigenvalue weighted by atomic mass is 16.5. The largest absolute Gasteiger partial charge is 0.453 e. The average molecular weight is 817 g/mol. The molecule has 0 aliphatic carbocycles. The molecule has 2 aliphatic heterocycles. The van der Waals surface area contributed by atoms with Gasteiger partial charge in [-0.05, 0) is 77.1 Å². The Bertz CT molecular complexity index is 2320. The second-order valence-corrected chi connectivity index (χ2v) is 16.1. The van der Waals surface area contributed by atoms with Crippen molar-refractivity contribution in [3.05, 3.63) is 84.7 Å². The maximum Gasteiger partial charge on any atom is 0.407 e. The molecule has 0 saturated carbocycles. The molecular weight excluding hydrogens is 761 g/mol. The van der Waals surface area contributed by atoms with Crippen molar-refractivity contribution in [1.29, 1.82) is 0 Å². The third kappa shape index (κ3) is 8.73. The molecule has 60 heavy (non-hydrogen) atoms. The first kappa shape index (κ1) is 42.0. The van der Waals surface area contributed by atoms with Gasteiger partial charge in [0, 0.05) is 18.7 Å². The fourth-order valence-corrected chi connectivity index (χ4v) is 8.47. The maximum absolute atomic E-state index is 13.7. The zero-order valence-corrected chi connectivity index (χ0v) is 35.3. The second kappa shape index (κ2) is 18.4. The first-order valence-electron chi connectivity index (χ1n) is 21.1. The fraction of sp³-hybridized carbons (Fsp3) is 0.435. The van der Waals surface area contributed by atoms with Gasteiger partial charge >= 0.3 is 12.2 Å². The van der Waals surface area contributed by atoms with E-state index in [4.69, 9.17) is 19.4 Å². The topological polar surface area (TPSA) is 175 Å². The molecule has 2 fully saturated rings. The minimum Gasteiger partial charge on any atom is -0.453 e. The molecule has 316 valence electrons. The number of imidazole rings is 2. The van der Waals surface area contributed by atoms with Crippen molar-refractivity contribution in [1.82, 2.24) is 40.4 Å². The quantitative estimate of drug-likeness (QED) is 0.0921. The number of hydrogen-bond acceptors (Lipinski definition) is 8. The van der Waals surface area contributed by atoms with Crippen LogP contribution < -0.4 is 10.6 Å². The molecule has 0 unspecified atom stereocenters. The lowest BCUT2D eigenvalue weighted by Crippen LogP contribution is -2.51. The number of aromatic amines is 2. The van der Waals surface area contributed by atoms with Gasteiger partial charge in [0.1, 0.15) is 23.7 Å². The zero-order valence-electron chi connectivity index (χ0n) is 35.3. The number of ether oxygens (including phenoxy) is 2. The Morgan fingerprint density at radius 1 is 0.650 bits per heavy atom. The highest BCUT2D eigenvalue weighted by molar-refractivity contribution is 5.91. The number of likely N-dealkylation sites (tertiary alicyclic amines) is 2. The Labute approximate surface area is 350 Å². The van der Waals surface area contributed by atoms with E-state index in [2.05, 4.69) is 81.3 Å². The molecule has 4 N–H and O–H groups in total. The molecular formula is C46H56N8O6. The third-order valence-electron chi connectivity index (χ3n) is 12.5. The number of carbonyl (C=O) groups excluding carboxylic acids is 4. The number of nitrogens with one attached hydrogen (secondary N) is 4. The summed E-state index contributed by atoms with van der Waals surface area (Å²) in [6.45, 7) is 9.12. The molecule has 14 nitrogen and oxygen atoms in total. The monoisotopic (exact) mass is 816 g/mol. The molecule has 5 aromatic rings. The lowest BCUT2D eigenvalue weighted by atomic mass is 9.97. The highest BCUT2D eigenvalue weighted by Gasteiger charge is 2.39. The SMILES string of the molecule is CC[C@@H](C)[C@H](NC(=O)OC)C(=O)N1CCC[C@H]1c1ncc(-c2ccc(-c3ccc4cc(-c5cnc([C@@H]6CCCN6C(=O)[C@@H](NC(=O)OC)[C@H](C)CC)[nH]5)ccc4c3)cc2)[nH]1. The van der Waals surface area contributed by atoms with Crippen LogP contribution in [-0.4, -0.2) is 93.1 Å². The summed E-state index contributed by atoms with van der Waals surface area (Å²) in [4.78, 5) is 71.7. The van der Waals surface area contributed by atoms with Gasteiger partial charge in [-0.3, -0.25) is 9.59 Å². The normalized spacial score (nSPS) is 18.5. The van der Waals surface area contributed by atoms with E-state index in [-0.39, 0.29) is 35.7 Å². The number of rotatable bonds is 13. The zero-order chi connectivity index (χ0) is 42.5. The Kier molecular flexibility index (Phi) is 12.9. The number of hydrogen-bond donors (Lipinski definition) is 4. The smallest absolute Gasteiger partial charge is 0.407 e. The second-order valence-electron chi connectivity index (χ2n) is 16.1. The molecule has 4 amide bonds. The summed E-state index contributed by atoms with van der Waals surface area (Å²) in [6, 6.07) is 19.4. The summed E-state index contributed by atoms with van der Waals surface area (Å²) in [5.74, 6) is 1.12. The minimum atomic E-state index is -0.674. The Balaban J connectivity index is 1.03. The van der Waals surface area contributed by atoms with E-state index in [1.807, 2.05) is 49.9 Å². The van der Waals surface area contributed by atoms with Crippen LogP contribution in [0.4, 0.5) is 9.59 Å². The van der Waals surface area contributed by atoms with Gasteiger partial charge in [-0.25, -0.2) is 19.6 Å². The summed E-state index contributed by atoms with van der Waals surface area (Å²) < 4.78 is 9.62. The molecule has 0 radical (unpaired) electrons. The van der Waals surface area contributed by atoms with Crippen LogP contribution in [-0.2, 0) is 19.1 Å². The first-order valence-corrected chi connectivity index (χ1v) is 21.1. The summed E-state index contributed by atoms with van der Waals surface area (Å²) in [5.41, 5.74) is 5.90. The van der Waals surface area contributed by atoms with E-state index in [0.29, 0.717) is 13.1 Å². The Morgan fingerprint density at radius 2 is 1.07 bits per heavy atom. The predicted molar refractivity (Wildman–Crippen MR) is 229 cm³/mol. The van der Waals surface area contributed by atoms with Gasteiger partial charge in [-0.2, -0.15) is 0 Å². The standard InChI is InChI=1S/C46H56N8O6/c1-7-27(3)39(51-45(57)59-5)43(55)53-21-9-11-37(53)41-47-25-35(49-41)30-15-13-29(14-16-30)31-17-18-33-24-34(20-19-32(33)23-31)36-26-48-42(50-36)38-12-10-22-54(38)44(56)40(28(4)8-2)52-46(58)60-6/h13-20,23-28,37-40H,7-12,21-22H2,1-6H3,(H,47,49)(H,48,50)(H,51,57)(H,52,58)/t27-,28-,37+,38+,39+,40+/m1/s1. The molecule has 2 saturated heterocycles. The van der Waals surface area contributed by atoms with Crippen molar-refractivity contribution in [3.8, 4) is 33.6 Å². The third-order valence-corrected chi connectivity index (χ3v) is 12.5. The lowest BCUT2D eigenvalue weighted by molar-refractivity contribution is -0.136. The maximum atomic E-state index is 13.7. The number of methoxy groups -OCH3 is 2. The number of carbonyl (C=O) groups is 4. The molecule has 2 aliphatic rings. The minimum absolute atomic E-state index is 0.0532. The van der Waals surface area contributed by atoms with Crippen LogP contribution in [0.25, 0.3) is 44.4 Å². The van der Waals surface area contributed by atoms with Gasteiger partial charge in [0.15, 0.2) is 0 Å². The van der Waals surface area contributed by atoms with Crippen molar-refractivity contribution in [2.24, 2.45) is 11.8 Å². The summed E-state index contributed by atoms with van der Waals surface area (Å²) in [5, 5.41) is 7.70. The van der Waals surface area contributed by atoms with Crippen LogP contribution in [0.15, 0.2) is 73.1 Å². The van der Waals surface area contributed by atoms with Crippen molar-refractivity contribution in [3.63, 3.8) is 0 Å². The molecule has 14 heteroatoms. The lowest BCUT2D eigenvalue weighted by Gasteiger charge is -2.30. The van der Waals surface area contributed by atoms with Gasteiger partial charge in [-0.1, -0.05) is 89.1 Å². The van der Waals surface area contributed by atoms with Crippen molar-refractivity contribution < 1.29 is 28.7 Å². The molecule has 7 rings (SSSR count). The summed E-state index contributed by atoms with van der Waals surface area (Å²) in [6.07, 6.45) is 7.17.